The van der Waals surface area contributed by atoms with Crippen LogP contribution in [0.1, 0.15) is 10.4 Å². The van der Waals surface area contributed by atoms with Gasteiger partial charge in [-0.1, -0.05) is 29.3 Å². The maximum absolute atomic E-state index is 12.2. The number of aromatic nitrogens is 4. The number of thioether (sulfide) groups is 1. The van der Waals surface area contributed by atoms with Crippen LogP contribution in [0.2, 0.25) is 10.0 Å². The molecule has 3 rings (SSSR count). The normalized spacial score (nSPS) is 10.4. The summed E-state index contributed by atoms with van der Waals surface area (Å²) in [5.41, 5.74) is 5.68. The van der Waals surface area contributed by atoms with E-state index in [0.29, 0.717) is 26.2 Å². The van der Waals surface area contributed by atoms with Crippen molar-refractivity contribution in [1.82, 2.24) is 31.1 Å². The summed E-state index contributed by atoms with van der Waals surface area (Å²) < 4.78 is 1.42. The Balaban J connectivity index is 1.54. The molecular formula is C16H12Cl2N6O2S. The Morgan fingerprint density at radius 3 is 2.74 bits per heavy atom. The molecule has 2 aromatic carbocycles. The number of benzene rings is 2. The number of hydrogen-bond acceptors (Lipinski definition) is 6. The predicted molar refractivity (Wildman–Crippen MR) is 102 cm³/mol. The van der Waals surface area contributed by atoms with Crippen LogP contribution < -0.4 is 10.9 Å². The van der Waals surface area contributed by atoms with Crippen molar-refractivity contribution in [2.75, 3.05) is 5.75 Å². The van der Waals surface area contributed by atoms with E-state index in [1.165, 1.54) is 22.8 Å². The second-order valence-electron chi connectivity index (χ2n) is 5.17. The molecular weight excluding hydrogens is 411 g/mol. The van der Waals surface area contributed by atoms with Gasteiger partial charge < -0.3 is 0 Å². The van der Waals surface area contributed by atoms with Gasteiger partial charge in [-0.25, -0.2) is 4.68 Å². The molecule has 0 aliphatic carbocycles. The van der Waals surface area contributed by atoms with Crippen molar-refractivity contribution >= 4 is 46.8 Å². The Labute approximate surface area is 168 Å². The number of halogens is 2. The van der Waals surface area contributed by atoms with Gasteiger partial charge in [0.2, 0.25) is 5.91 Å². The molecule has 0 bridgehead atoms. The maximum Gasteiger partial charge on any atom is 0.269 e. The van der Waals surface area contributed by atoms with Gasteiger partial charge in [-0.3, -0.25) is 20.4 Å². The Morgan fingerprint density at radius 2 is 1.96 bits per heavy atom. The predicted octanol–water partition coefficient (Wildman–Crippen LogP) is 2.52. The number of rotatable bonds is 5. The molecule has 1 aromatic heterocycles. The van der Waals surface area contributed by atoms with Crippen LogP contribution in [-0.4, -0.2) is 37.8 Å². The van der Waals surface area contributed by atoms with E-state index in [-0.39, 0.29) is 11.7 Å². The van der Waals surface area contributed by atoms with Crippen molar-refractivity contribution in [3.05, 3.63) is 64.4 Å². The average Bonchev–Trinajstić information content (AvgIpc) is 3.21. The maximum atomic E-state index is 12.2. The van der Waals surface area contributed by atoms with E-state index in [4.69, 9.17) is 23.2 Å². The smallest absolute Gasteiger partial charge is 0.269 e. The van der Waals surface area contributed by atoms with Gasteiger partial charge in [0.1, 0.15) is 6.33 Å². The van der Waals surface area contributed by atoms with Gasteiger partial charge in [0.05, 0.1) is 16.5 Å². The topological polar surface area (TPSA) is 102 Å². The number of carbonyl (C=O) groups excluding carboxylic acids is 2. The summed E-state index contributed by atoms with van der Waals surface area (Å²) in [6.45, 7) is 0. The van der Waals surface area contributed by atoms with Gasteiger partial charge in [0, 0.05) is 15.5 Å². The lowest BCUT2D eigenvalue weighted by Crippen LogP contribution is -2.42. The van der Waals surface area contributed by atoms with Crippen molar-refractivity contribution in [3.63, 3.8) is 0 Å². The Morgan fingerprint density at radius 1 is 1.11 bits per heavy atom. The molecule has 0 radical (unpaired) electrons. The highest BCUT2D eigenvalue weighted by molar-refractivity contribution is 8.00. The van der Waals surface area contributed by atoms with Crippen LogP contribution in [0, 0.1) is 0 Å². The zero-order valence-corrected chi connectivity index (χ0v) is 15.9. The number of hydrogen-bond donors (Lipinski definition) is 2. The molecule has 0 fully saturated rings. The summed E-state index contributed by atoms with van der Waals surface area (Å²) in [4.78, 5) is 24.8. The highest BCUT2D eigenvalue weighted by Gasteiger charge is 2.10. The summed E-state index contributed by atoms with van der Waals surface area (Å²) in [6.07, 6.45) is 1.41. The van der Waals surface area contributed by atoms with E-state index in [9.17, 15) is 9.59 Å². The third-order valence-electron chi connectivity index (χ3n) is 3.29. The third kappa shape index (κ3) is 5.19. The molecule has 11 heteroatoms. The third-order valence-corrected chi connectivity index (χ3v) is 5.02. The zero-order valence-electron chi connectivity index (χ0n) is 13.6. The largest absolute Gasteiger partial charge is 0.272 e. The van der Waals surface area contributed by atoms with Gasteiger partial charge in [0.25, 0.3) is 5.91 Å². The number of tetrazole rings is 1. The minimum atomic E-state index is -0.468. The summed E-state index contributed by atoms with van der Waals surface area (Å²) in [5.74, 6) is -0.796. The molecule has 2 amide bonds. The van der Waals surface area contributed by atoms with Crippen molar-refractivity contribution < 1.29 is 9.59 Å². The Kier molecular flexibility index (Phi) is 6.28. The van der Waals surface area contributed by atoms with Crippen LogP contribution >= 0.6 is 35.0 Å². The van der Waals surface area contributed by atoms with E-state index in [1.807, 2.05) is 0 Å². The van der Waals surface area contributed by atoms with Gasteiger partial charge in [-0.2, -0.15) is 0 Å². The minimum absolute atomic E-state index is 0.0605. The van der Waals surface area contributed by atoms with Gasteiger partial charge >= 0.3 is 0 Å². The van der Waals surface area contributed by atoms with Crippen LogP contribution in [0.5, 0.6) is 0 Å². The van der Waals surface area contributed by atoms with E-state index in [2.05, 4.69) is 26.4 Å². The van der Waals surface area contributed by atoms with E-state index in [1.54, 1.807) is 42.5 Å². The molecule has 0 aliphatic heterocycles. The van der Waals surface area contributed by atoms with Gasteiger partial charge in [0.15, 0.2) is 0 Å². The quantitative estimate of drug-likeness (QED) is 0.483. The second-order valence-corrected chi connectivity index (χ2v) is 7.03. The molecule has 0 aliphatic rings. The van der Waals surface area contributed by atoms with Crippen LogP contribution in [0.3, 0.4) is 0 Å². The van der Waals surface area contributed by atoms with E-state index in [0.717, 1.165) is 0 Å². The lowest BCUT2D eigenvalue weighted by Gasteiger charge is -2.09. The SMILES string of the molecule is O=C(CSc1cc(Cl)ccc1Cl)NNC(=O)c1cccc(-n2cnnn2)c1. The van der Waals surface area contributed by atoms with Crippen molar-refractivity contribution in [2.45, 2.75) is 4.90 Å². The highest BCUT2D eigenvalue weighted by Crippen LogP contribution is 2.29. The fourth-order valence-corrected chi connectivity index (χ4v) is 3.33. The fraction of sp³-hybridized carbons (Fsp3) is 0.0625. The second kappa shape index (κ2) is 8.85. The Hall–Kier alpha value is -2.62. The average molecular weight is 423 g/mol. The molecule has 0 unspecified atom stereocenters. The molecule has 0 saturated carbocycles. The number of nitrogens with zero attached hydrogens (tertiary/aromatic N) is 4. The molecule has 8 nitrogen and oxygen atoms in total. The molecule has 0 spiro atoms. The first-order valence-electron chi connectivity index (χ1n) is 7.53. The Bertz CT molecular complexity index is 967. The summed E-state index contributed by atoms with van der Waals surface area (Å²) in [5, 5.41) is 11.9. The lowest BCUT2D eigenvalue weighted by atomic mass is 10.2. The summed E-state index contributed by atoms with van der Waals surface area (Å²) in [7, 11) is 0. The number of amides is 2. The molecule has 138 valence electrons. The highest BCUT2D eigenvalue weighted by atomic mass is 35.5. The number of nitrogens with one attached hydrogen (secondary N) is 2. The number of carbonyl (C=O) groups is 2. The first-order chi connectivity index (χ1) is 13.0. The van der Waals surface area contributed by atoms with Gasteiger partial charge in [-0.05, 0) is 46.8 Å². The monoisotopic (exact) mass is 422 g/mol. The zero-order chi connectivity index (χ0) is 19.2. The van der Waals surface area contributed by atoms with Crippen molar-refractivity contribution in [3.8, 4) is 5.69 Å². The van der Waals surface area contributed by atoms with Gasteiger partial charge in [-0.15, -0.1) is 16.9 Å². The van der Waals surface area contributed by atoms with Crippen LogP contribution in [-0.2, 0) is 4.79 Å². The van der Waals surface area contributed by atoms with Crippen LogP contribution in [0.15, 0.2) is 53.7 Å². The number of hydrazine groups is 1. The van der Waals surface area contributed by atoms with E-state index >= 15 is 0 Å². The standard InChI is InChI=1S/C16H12Cl2N6O2S/c17-11-4-5-13(18)14(7-11)27-8-15(25)20-21-16(26)10-2-1-3-12(6-10)24-9-19-22-23-24/h1-7,9H,8H2,(H,20,25)(H,21,26). The molecule has 2 N–H and O–H groups in total. The first-order valence-corrected chi connectivity index (χ1v) is 9.27. The van der Waals surface area contributed by atoms with Crippen molar-refractivity contribution in [2.24, 2.45) is 0 Å². The molecule has 3 aromatic rings. The van der Waals surface area contributed by atoms with Crippen LogP contribution in [0.25, 0.3) is 5.69 Å². The fourth-order valence-electron chi connectivity index (χ4n) is 2.04. The molecule has 0 atom stereocenters. The molecule has 0 saturated heterocycles. The summed E-state index contributed by atoms with van der Waals surface area (Å²) >= 11 is 13.2. The lowest BCUT2D eigenvalue weighted by molar-refractivity contribution is -0.119. The van der Waals surface area contributed by atoms with Crippen LogP contribution in [0.4, 0.5) is 0 Å². The minimum Gasteiger partial charge on any atom is -0.272 e. The molecule has 1 heterocycles. The first kappa shape index (κ1) is 19.2. The van der Waals surface area contributed by atoms with E-state index < -0.39 is 5.91 Å². The van der Waals surface area contributed by atoms with Crippen molar-refractivity contribution in [1.29, 1.82) is 0 Å². The molecule has 27 heavy (non-hydrogen) atoms. The summed E-state index contributed by atoms with van der Waals surface area (Å²) in [6, 6.07) is 11.6.